The van der Waals surface area contributed by atoms with Crippen molar-refractivity contribution in [3.8, 4) is 28.4 Å². The highest BCUT2D eigenvalue weighted by Gasteiger charge is 2.31. The Morgan fingerprint density at radius 3 is 2.12 bits per heavy atom. The Hall–Kier alpha value is -2.74. The second kappa shape index (κ2) is 6.64. The van der Waals surface area contributed by atoms with Gasteiger partial charge in [0.05, 0.1) is 12.8 Å². The summed E-state index contributed by atoms with van der Waals surface area (Å²) in [6.07, 6.45) is -2.98. The lowest BCUT2D eigenvalue weighted by atomic mass is 10.1. The van der Waals surface area contributed by atoms with Crippen LogP contribution in [0.1, 0.15) is 0 Å². The maximum atomic E-state index is 12.3. The van der Waals surface area contributed by atoms with Crippen LogP contribution in [-0.4, -0.2) is 23.0 Å². The largest absolute Gasteiger partial charge is 0.573 e. The zero-order valence-corrected chi connectivity index (χ0v) is 13.8. The molecule has 0 fully saturated rings. The van der Waals surface area contributed by atoms with Crippen LogP contribution in [0, 0.1) is 4.77 Å². The second-order valence-corrected chi connectivity index (χ2v) is 5.47. The van der Waals surface area contributed by atoms with Gasteiger partial charge in [0.15, 0.2) is 4.77 Å². The molecule has 3 rings (SSSR count). The molecular weight excluding hydrogens is 353 g/mol. The van der Waals surface area contributed by atoms with E-state index in [4.69, 9.17) is 17.0 Å². The molecule has 8 heteroatoms. The number of hydrogen-bond acceptors (Lipinski definition) is 3. The number of rotatable bonds is 4. The van der Waals surface area contributed by atoms with Crippen molar-refractivity contribution in [3.05, 3.63) is 59.5 Å². The van der Waals surface area contributed by atoms with Crippen molar-refractivity contribution in [1.82, 2.24) is 9.55 Å². The minimum absolute atomic E-state index is 0.288. The normalized spacial score (nSPS) is 11.4. The third-order valence-corrected chi connectivity index (χ3v) is 3.79. The van der Waals surface area contributed by atoms with Crippen molar-refractivity contribution in [2.24, 2.45) is 0 Å². The van der Waals surface area contributed by atoms with Gasteiger partial charge in [0.25, 0.3) is 0 Å². The van der Waals surface area contributed by atoms with E-state index in [-0.39, 0.29) is 5.75 Å². The minimum atomic E-state index is -4.72. The Balaban J connectivity index is 1.97. The fourth-order valence-corrected chi connectivity index (χ4v) is 2.66. The van der Waals surface area contributed by atoms with E-state index < -0.39 is 6.36 Å². The van der Waals surface area contributed by atoms with Crippen LogP contribution < -0.4 is 9.47 Å². The van der Waals surface area contributed by atoms with Crippen LogP contribution in [0.3, 0.4) is 0 Å². The molecule has 0 amide bonds. The molecule has 0 spiro atoms. The predicted molar refractivity (Wildman–Crippen MR) is 89.6 cm³/mol. The van der Waals surface area contributed by atoms with Gasteiger partial charge < -0.3 is 14.5 Å². The molecule has 0 saturated heterocycles. The number of aromatic nitrogens is 2. The van der Waals surface area contributed by atoms with Gasteiger partial charge in [-0.1, -0.05) is 0 Å². The van der Waals surface area contributed by atoms with Crippen LogP contribution in [0.2, 0.25) is 0 Å². The molecule has 0 saturated carbocycles. The number of aromatic amines is 1. The number of H-pyrrole nitrogens is 1. The van der Waals surface area contributed by atoms with Gasteiger partial charge in [0, 0.05) is 17.4 Å². The van der Waals surface area contributed by atoms with Gasteiger partial charge >= 0.3 is 6.36 Å². The van der Waals surface area contributed by atoms with E-state index >= 15 is 0 Å². The van der Waals surface area contributed by atoms with E-state index in [1.165, 1.54) is 24.3 Å². The molecule has 0 bridgehead atoms. The summed E-state index contributed by atoms with van der Waals surface area (Å²) >= 11 is 5.30. The van der Waals surface area contributed by atoms with Crippen LogP contribution >= 0.6 is 12.2 Å². The van der Waals surface area contributed by atoms with Gasteiger partial charge in [-0.3, -0.25) is 4.57 Å². The number of imidazole rings is 1. The molecule has 0 aliphatic rings. The van der Waals surface area contributed by atoms with E-state index in [9.17, 15) is 13.2 Å². The number of halogens is 3. The minimum Gasteiger partial charge on any atom is -0.497 e. The Morgan fingerprint density at radius 1 is 0.960 bits per heavy atom. The van der Waals surface area contributed by atoms with E-state index in [1.54, 1.807) is 17.9 Å². The van der Waals surface area contributed by atoms with Crippen LogP contribution in [0.4, 0.5) is 13.2 Å². The summed E-state index contributed by atoms with van der Waals surface area (Å²) in [5, 5.41) is 0. The molecule has 2 aromatic carbocycles. The van der Waals surface area contributed by atoms with Crippen molar-refractivity contribution in [3.63, 3.8) is 0 Å². The lowest BCUT2D eigenvalue weighted by Gasteiger charge is -2.12. The highest BCUT2D eigenvalue weighted by atomic mass is 32.1. The molecule has 1 heterocycles. The van der Waals surface area contributed by atoms with Crippen molar-refractivity contribution in [2.75, 3.05) is 7.11 Å². The summed E-state index contributed by atoms with van der Waals surface area (Å²) in [6, 6.07) is 12.9. The lowest BCUT2D eigenvalue weighted by Crippen LogP contribution is -2.17. The molecular formula is C17H13F3N2O2S. The molecule has 0 unspecified atom stereocenters. The first-order valence-corrected chi connectivity index (χ1v) is 7.59. The van der Waals surface area contributed by atoms with Crippen molar-refractivity contribution in [1.29, 1.82) is 0 Å². The fourth-order valence-electron chi connectivity index (χ4n) is 2.40. The molecule has 130 valence electrons. The van der Waals surface area contributed by atoms with E-state index in [1.807, 2.05) is 24.3 Å². The first kappa shape index (κ1) is 17.1. The van der Waals surface area contributed by atoms with Crippen LogP contribution in [0.25, 0.3) is 16.9 Å². The zero-order chi connectivity index (χ0) is 18.0. The van der Waals surface area contributed by atoms with Crippen molar-refractivity contribution in [2.45, 2.75) is 6.36 Å². The summed E-state index contributed by atoms with van der Waals surface area (Å²) in [6.45, 7) is 0. The average Bonchev–Trinajstić information content (AvgIpc) is 2.96. The summed E-state index contributed by atoms with van der Waals surface area (Å²) in [5.41, 5.74) is 2.27. The Morgan fingerprint density at radius 2 is 1.56 bits per heavy atom. The van der Waals surface area contributed by atoms with E-state index in [0.29, 0.717) is 10.5 Å². The molecule has 1 aromatic heterocycles. The smallest absolute Gasteiger partial charge is 0.497 e. The van der Waals surface area contributed by atoms with Crippen molar-refractivity contribution >= 4 is 12.2 Å². The first-order chi connectivity index (χ1) is 11.9. The molecule has 1 N–H and O–H groups in total. The molecule has 4 nitrogen and oxygen atoms in total. The van der Waals surface area contributed by atoms with Gasteiger partial charge in [-0.05, 0) is 60.7 Å². The third kappa shape index (κ3) is 3.85. The first-order valence-electron chi connectivity index (χ1n) is 7.18. The summed E-state index contributed by atoms with van der Waals surface area (Å²) in [5.74, 6) is 0.433. The number of nitrogens with one attached hydrogen (secondary N) is 1. The SMILES string of the molecule is COc1ccc(-c2c[nH]c(=S)n2-c2ccc(OC(F)(F)F)cc2)cc1. The molecule has 0 radical (unpaired) electrons. The van der Waals surface area contributed by atoms with Crippen molar-refractivity contribution < 1.29 is 22.6 Å². The zero-order valence-electron chi connectivity index (χ0n) is 13.0. The molecule has 0 aliphatic heterocycles. The maximum Gasteiger partial charge on any atom is 0.573 e. The predicted octanol–water partition coefficient (Wildman–Crippen LogP) is 5.11. The Labute approximate surface area is 146 Å². The van der Waals surface area contributed by atoms with Gasteiger partial charge in [-0.15, -0.1) is 13.2 Å². The van der Waals surface area contributed by atoms with Gasteiger partial charge in [-0.25, -0.2) is 0 Å². The van der Waals surface area contributed by atoms with Gasteiger partial charge in [0.2, 0.25) is 0 Å². The van der Waals surface area contributed by atoms with Crippen LogP contribution in [-0.2, 0) is 0 Å². The van der Waals surface area contributed by atoms with Crippen LogP contribution in [0.15, 0.2) is 54.7 Å². The fraction of sp³-hybridized carbons (Fsp3) is 0.118. The lowest BCUT2D eigenvalue weighted by molar-refractivity contribution is -0.274. The summed E-state index contributed by atoms with van der Waals surface area (Å²) in [7, 11) is 1.58. The van der Waals surface area contributed by atoms with E-state index in [0.717, 1.165) is 17.0 Å². The number of methoxy groups -OCH3 is 1. The highest BCUT2D eigenvalue weighted by Crippen LogP contribution is 2.28. The van der Waals surface area contributed by atoms with Gasteiger partial charge in [0.1, 0.15) is 11.5 Å². The molecule has 3 aromatic rings. The number of benzene rings is 2. The standard InChI is InChI=1S/C17H13F3N2O2S/c1-23-13-6-2-11(3-7-13)15-10-21-16(25)22(15)12-4-8-14(9-5-12)24-17(18,19)20/h2-10H,1H3,(H,21,25). The topological polar surface area (TPSA) is 39.2 Å². The molecule has 0 aliphatic carbocycles. The number of alkyl halides is 3. The Kier molecular flexibility index (Phi) is 4.54. The van der Waals surface area contributed by atoms with E-state index in [2.05, 4.69) is 9.72 Å². The number of ether oxygens (including phenoxy) is 2. The number of hydrogen-bond donors (Lipinski definition) is 1. The monoisotopic (exact) mass is 366 g/mol. The number of nitrogens with zero attached hydrogens (tertiary/aromatic N) is 1. The molecule has 25 heavy (non-hydrogen) atoms. The third-order valence-electron chi connectivity index (χ3n) is 3.49. The highest BCUT2D eigenvalue weighted by molar-refractivity contribution is 7.71. The quantitative estimate of drug-likeness (QED) is 0.652. The second-order valence-electron chi connectivity index (χ2n) is 5.08. The molecule has 0 atom stereocenters. The maximum absolute atomic E-state index is 12.3. The summed E-state index contributed by atoms with van der Waals surface area (Å²) in [4.78, 5) is 2.95. The average molecular weight is 366 g/mol. The van der Waals surface area contributed by atoms with Gasteiger partial charge in [-0.2, -0.15) is 0 Å². The van der Waals surface area contributed by atoms with Crippen LogP contribution in [0.5, 0.6) is 11.5 Å². The Bertz CT molecular complexity index is 913. The summed E-state index contributed by atoms with van der Waals surface area (Å²) < 4.78 is 48.0.